The van der Waals surface area contributed by atoms with Crippen molar-refractivity contribution in [1.29, 1.82) is 0 Å². The van der Waals surface area contributed by atoms with Crippen LogP contribution in [0.4, 0.5) is 0 Å². The fourth-order valence-electron chi connectivity index (χ4n) is 3.67. The highest BCUT2D eigenvalue weighted by atomic mass is 35.5. The van der Waals surface area contributed by atoms with E-state index in [1.165, 1.54) is 11.8 Å². The molecule has 6 nitrogen and oxygen atoms in total. The van der Waals surface area contributed by atoms with Gasteiger partial charge in [0.15, 0.2) is 0 Å². The summed E-state index contributed by atoms with van der Waals surface area (Å²) >= 11 is 7.53. The lowest BCUT2D eigenvalue weighted by atomic mass is 10.1. The first-order valence-corrected chi connectivity index (χ1v) is 11.1. The van der Waals surface area contributed by atoms with Crippen molar-refractivity contribution in [3.8, 4) is 11.4 Å². The second-order valence-electron chi connectivity index (χ2n) is 7.33. The van der Waals surface area contributed by atoms with Crippen LogP contribution in [0, 0.1) is 0 Å². The molecule has 0 spiro atoms. The molecule has 5 rings (SSSR count). The molecule has 1 unspecified atom stereocenters. The highest BCUT2D eigenvalue weighted by Crippen LogP contribution is 2.40. The van der Waals surface area contributed by atoms with Crippen molar-refractivity contribution in [3.63, 3.8) is 0 Å². The molecule has 0 saturated carbocycles. The zero-order valence-electron chi connectivity index (χ0n) is 16.8. The number of fused-ring (bicyclic) bond motifs is 2. The van der Waals surface area contributed by atoms with Gasteiger partial charge in [-0.05, 0) is 48.6 Å². The van der Waals surface area contributed by atoms with Crippen LogP contribution in [0.1, 0.15) is 16.9 Å². The summed E-state index contributed by atoms with van der Waals surface area (Å²) in [5, 5.41) is 3.69. The van der Waals surface area contributed by atoms with Gasteiger partial charge in [0, 0.05) is 40.8 Å². The summed E-state index contributed by atoms with van der Waals surface area (Å²) in [6.45, 7) is 1.11. The molecule has 4 aliphatic rings. The van der Waals surface area contributed by atoms with Gasteiger partial charge in [0.05, 0.1) is 11.5 Å². The normalized spacial score (nSPS) is 18.1. The maximum Gasteiger partial charge on any atom is 0.275 e. The molecule has 3 heterocycles. The maximum atomic E-state index is 13.3. The van der Waals surface area contributed by atoms with Crippen molar-refractivity contribution in [2.24, 2.45) is 7.05 Å². The van der Waals surface area contributed by atoms with Crippen LogP contribution in [0.5, 0.6) is 0 Å². The number of hydrogen-bond donors (Lipinski definition) is 1. The van der Waals surface area contributed by atoms with Crippen LogP contribution in [0.15, 0.2) is 76.0 Å². The van der Waals surface area contributed by atoms with Gasteiger partial charge in [0.2, 0.25) is 0 Å². The van der Waals surface area contributed by atoms with Gasteiger partial charge in [-0.15, -0.1) is 0 Å². The van der Waals surface area contributed by atoms with E-state index in [1.807, 2.05) is 66.4 Å². The minimum absolute atomic E-state index is 0.151. The Hall–Kier alpha value is -2.74. The first-order valence-electron chi connectivity index (χ1n) is 9.93. The average molecular weight is 454 g/mol. The minimum Gasteiger partial charge on any atom is -0.493 e. The Balaban J connectivity index is 1.47. The Morgan fingerprint density at radius 2 is 2.06 bits per heavy atom. The monoisotopic (exact) mass is 453 g/mol. The molecule has 1 fully saturated rings. The zero-order valence-corrected chi connectivity index (χ0v) is 18.4. The Labute approximate surface area is 189 Å². The van der Waals surface area contributed by atoms with Crippen LogP contribution < -0.4 is 5.32 Å². The molecule has 1 amide bonds. The zero-order chi connectivity index (χ0) is 21.4. The lowest BCUT2D eigenvalue weighted by molar-refractivity contribution is -0.0431. The third kappa shape index (κ3) is 4.08. The van der Waals surface area contributed by atoms with E-state index in [4.69, 9.17) is 21.1 Å². The van der Waals surface area contributed by atoms with E-state index in [9.17, 15) is 4.79 Å². The standard InChI is InChI=1S/C23H20ClN3O3S/c1-27-10-2-3-17-21(31-16-7-4-14(24)5-8-16)20(26-22(17)27)23(28)25-15-6-9-18-19(13-15)30-12-11-29-18/h2-10,19H,11-13H2,1H3,(H,25,28). The van der Waals surface area contributed by atoms with Crippen LogP contribution in [0.3, 0.4) is 0 Å². The first kappa shape index (κ1) is 20.2. The average Bonchev–Trinajstić information content (AvgIpc) is 3.15. The van der Waals surface area contributed by atoms with E-state index in [1.54, 1.807) is 0 Å². The number of hydrogen-bond acceptors (Lipinski definition) is 5. The van der Waals surface area contributed by atoms with Crippen molar-refractivity contribution in [3.05, 3.63) is 76.9 Å². The molecule has 0 radical (unpaired) electrons. The highest BCUT2D eigenvalue weighted by Gasteiger charge is 2.29. The third-order valence-electron chi connectivity index (χ3n) is 5.19. The van der Waals surface area contributed by atoms with E-state index in [2.05, 4.69) is 10.3 Å². The molecule has 31 heavy (non-hydrogen) atoms. The summed E-state index contributed by atoms with van der Waals surface area (Å²) in [5.41, 5.74) is 2.11. The van der Waals surface area contributed by atoms with Gasteiger partial charge in [-0.25, -0.2) is 4.98 Å². The number of benzene rings is 1. The predicted molar refractivity (Wildman–Crippen MR) is 119 cm³/mol. The summed E-state index contributed by atoms with van der Waals surface area (Å²) in [4.78, 5) is 19.7. The Morgan fingerprint density at radius 3 is 2.90 bits per heavy atom. The summed E-state index contributed by atoms with van der Waals surface area (Å²) in [6.07, 6.45) is 6.06. The number of nitrogens with zero attached hydrogens (tertiary/aromatic N) is 2. The third-order valence-corrected chi connectivity index (χ3v) is 6.57. The molecular weight excluding hydrogens is 434 g/mol. The van der Waals surface area contributed by atoms with Crippen molar-refractivity contribution in [2.75, 3.05) is 13.2 Å². The van der Waals surface area contributed by atoms with E-state index in [0.29, 0.717) is 30.4 Å². The van der Waals surface area contributed by atoms with E-state index >= 15 is 0 Å². The fraction of sp³-hybridized carbons (Fsp3) is 0.217. The molecule has 0 aromatic heterocycles. The second kappa shape index (κ2) is 8.42. The van der Waals surface area contributed by atoms with Gasteiger partial charge in [0.25, 0.3) is 5.91 Å². The van der Waals surface area contributed by atoms with Crippen LogP contribution in [-0.2, 0) is 16.5 Å². The topological polar surface area (TPSA) is 65.4 Å². The van der Waals surface area contributed by atoms with Crippen molar-refractivity contribution in [1.82, 2.24) is 14.9 Å². The first-order chi connectivity index (χ1) is 15.1. The molecule has 1 N–H and O–H groups in total. The fourth-order valence-corrected chi connectivity index (χ4v) is 4.81. The van der Waals surface area contributed by atoms with Crippen LogP contribution >= 0.6 is 23.4 Å². The van der Waals surface area contributed by atoms with Crippen LogP contribution in [0.25, 0.3) is 11.4 Å². The predicted octanol–water partition coefficient (Wildman–Crippen LogP) is 4.65. The number of nitrogens with one attached hydrogen (secondary N) is 1. The Morgan fingerprint density at radius 1 is 1.23 bits per heavy atom. The summed E-state index contributed by atoms with van der Waals surface area (Å²) in [6, 6.07) is 11.5. The van der Waals surface area contributed by atoms with E-state index < -0.39 is 0 Å². The lowest BCUT2D eigenvalue weighted by Crippen LogP contribution is -2.33. The van der Waals surface area contributed by atoms with Gasteiger partial charge in [0.1, 0.15) is 30.0 Å². The molecule has 8 heteroatoms. The molecule has 1 aliphatic carbocycles. The SMILES string of the molecule is Cn1cccc2c(Sc3ccc(Cl)cc3)c(C(=O)NC3=CC=C4OCCOC4C3)nc1-2. The maximum absolute atomic E-state index is 13.3. The molecule has 1 atom stereocenters. The number of amides is 1. The number of carbonyl (C=O) groups excluding carboxylic acids is 1. The van der Waals surface area contributed by atoms with E-state index in [0.717, 1.165) is 32.6 Å². The second-order valence-corrected chi connectivity index (χ2v) is 8.85. The van der Waals surface area contributed by atoms with Gasteiger partial charge >= 0.3 is 0 Å². The number of aryl methyl sites for hydroxylation is 1. The number of allylic oxidation sites excluding steroid dienone is 2. The number of halogens is 1. The van der Waals surface area contributed by atoms with Crippen LogP contribution in [0.2, 0.25) is 5.02 Å². The molecule has 3 aliphatic heterocycles. The molecule has 1 aromatic carbocycles. The van der Waals surface area contributed by atoms with Gasteiger partial charge in [-0.1, -0.05) is 23.4 Å². The highest BCUT2D eigenvalue weighted by molar-refractivity contribution is 7.99. The Kier molecular flexibility index (Phi) is 5.48. The number of pyridine rings is 1. The molecule has 1 aromatic rings. The summed E-state index contributed by atoms with van der Waals surface area (Å²) < 4.78 is 13.3. The number of aromatic nitrogens is 2. The summed E-state index contributed by atoms with van der Waals surface area (Å²) in [7, 11) is 1.92. The minimum atomic E-state index is -0.243. The smallest absolute Gasteiger partial charge is 0.275 e. The van der Waals surface area contributed by atoms with Crippen molar-refractivity contribution < 1.29 is 14.3 Å². The number of rotatable bonds is 4. The van der Waals surface area contributed by atoms with Gasteiger partial charge in [-0.2, -0.15) is 0 Å². The molecule has 1 saturated heterocycles. The van der Waals surface area contributed by atoms with Gasteiger partial charge in [-0.3, -0.25) is 4.79 Å². The van der Waals surface area contributed by atoms with Crippen molar-refractivity contribution in [2.45, 2.75) is 22.3 Å². The molecule has 0 bridgehead atoms. The summed E-state index contributed by atoms with van der Waals surface area (Å²) in [5.74, 6) is 1.33. The number of carbonyl (C=O) groups is 1. The largest absolute Gasteiger partial charge is 0.493 e. The van der Waals surface area contributed by atoms with Gasteiger partial charge < -0.3 is 19.4 Å². The lowest BCUT2D eigenvalue weighted by Gasteiger charge is -2.29. The number of ether oxygens (including phenoxy) is 2. The van der Waals surface area contributed by atoms with E-state index in [-0.39, 0.29) is 12.0 Å². The molecular formula is C23H20ClN3O3S. The van der Waals surface area contributed by atoms with Crippen molar-refractivity contribution >= 4 is 29.3 Å². The Bertz CT molecular complexity index is 1170. The quantitative estimate of drug-likeness (QED) is 0.623. The molecule has 158 valence electrons. The van der Waals surface area contributed by atoms with Crippen LogP contribution in [-0.4, -0.2) is 34.8 Å².